The highest BCUT2D eigenvalue weighted by atomic mass is 19.3. The molecule has 1 aromatic rings. The molecule has 2 rings (SSSR count). The van der Waals surface area contributed by atoms with Crippen LogP contribution in [0.3, 0.4) is 0 Å². The molecule has 78 valence electrons. The van der Waals surface area contributed by atoms with Gasteiger partial charge in [-0.25, -0.2) is 8.78 Å². The second-order valence-electron chi connectivity index (χ2n) is 3.63. The van der Waals surface area contributed by atoms with Crippen LogP contribution >= 0.6 is 0 Å². The van der Waals surface area contributed by atoms with Gasteiger partial charge in [-0.1, -0.05) is 0 Å². The number of nitrogens with two attached hydrogens (primary N) is 1. The molecule has 0 aromatic carbocycles. The maximum atomic E-state index is 12.6. The molecule has 1 aromatic heterocycles. The van der Waals surface area contributed by atoms with Crippen molar-refractivity contribution >= 4 is 0 Å². The van der Waals surface area contributed by atoms with Crippen LogP contribution in [0.2, 0.25) is 0 Å². The van der Waals surface area contributed by atoms with E-state index in [0.717, 1.165) is 0 Å². The van der Waals surface area contributed by atoms with Crippen molar-refractivity contribution in [3.8, 4) is 0 Å². The molecule has 2 N–H and O–H groups in total. The Balaban J connectivity index is 2.06. The zero-order valence-electron chi connectivity index (χ0n) is 7.66. The lowest BCUT2D eigenvalue weighted by atomic mass is 9.81. The van der Waals surface area contributed by atoms with Crippen molar-refractivity contribution in [1.29, 1.82) is 0 Å². The normalized spacial score (nSPS) is 20.8. The fourth-order valence-electron chi connectivity index (χ4n) is 1.74. The van der Waals surface area contributed by atoms with Crippen molar-refractivity contribution in [2.75, 3.05) is 6.54 Å². The Hall–Kier alpha value is -1.04. The van der Waals surface area contributed by atoms with Gasteiger partial charge in [-0.2, -0.15) is 0 Å². The maximum Gasteiger partial charge on any atom is 0.249 e. The lowest BCUT2D eigenvalue weighted by Gasteiger charge is -2.34. The molecule has 0 amide bonds. The molecule has 0 atom stereocenters. The van der Waals surface area contributed by atoms with E-state index < -0.39 is 5.92 Å². The van der Waals surface area contributed by atoms with Crippen molar-refractivity contribution < 1.29 is 8.78 Å². The molecule has 1 fully saturated rings. The van der Waals surface area contributed by atoms with Crippen LogP contribution in [0.5, 0.6) is 0 Å². The maximum absolute atomic E-state index is 12.6. The fraction of sp³-hybridized carbons (Fsp3) is 0.750. The first-order valence-electron chi connectivity index (χ1n) is 4.58. The number of halogens is 2. The van der Waals surface area contributed by atoms with Gasteiger partial charge in [0, 0.05) is 31.8 Å². The van der Waals surface area contributed by atoms with E-state index in [2.05, 4.69) is 10.2 Å². The van der Waals surface area contributed by atoms with Gasteiger partial charge < -0.3 is 10.3 Å². The number of aromatic nitrogens is 3. The number of nitrogens with zero attached hydrogens (tertiary/aromatic N) is 3. The highest BCUT2D eigenvalue weighted by Crippen LogP contribution is 2.47. The molecule has 0 unspecified atom stereocenters. The van der Waals surface area contributed by atoms with Crippen molar-refractivity contribution in [3.63, 3.8) is 0 Å². The molecule has 14 heavy (non-hydrogen) atoms. The van der Waals surface area contributed by atoms with Gasteiger partial charge in [-0.3, -0.25) is 0 Å². The first-order chi connectivity index (χ1) is 6.62. The van der Waals surface area contributed by atoms with Crippen molar-refractivity contribution in [3.05, 3.63) is 12.2 Å². The van der Waals surface area contributed by atoms with Crippen molar-refractivity contribution in [2.45, 2.75) is 31.2 Å². The lowest BCUT2D eigenvalue weighted by molar-refractivity contribution is -0.0891. The number of hydrogen-bond donors (Lipinski definition) is 1. The second kappa shape index (κ2) is 3.27. The van der Waals surface area contributed by atoms with Crippen LogP contribution in [-0.2, 0) is 6.54 Å². The monoisotopic (exact) mass is 202 g/mol. The third kappa shape index (κ3) is 1.61. The lowest BCUT2D eigenvalue weighted by Crippen LogP contribution is -2.35. The van der Waals surface area contributed by atoms with Gasteiger partial charge in [0.2, 0.25) is 5.92 Å². The Kier molecular flexibility index (Phi) is 2.22. The standard InChI is InChI=1S/C8H12F2N4/c9-8(10)3-6(4-8)7-13-12-5-14(7)2-1-11/h5-6H,1-4,11H2. The van der Waals surface area contributed by atoms with Crippen LogP contribution in [0.1, 0.15) is 24.6 Å². The first kappa shape index (κ1) is 9.51. The van der Waals surface area contributed by atoms with Crippen LogP contribution in [0.15, 0.2) is 6.33 Å². The van der Waals surface area contributed by atoms with Crippen LogP contribution in [-0.4, -0.2) is 27.2 Å². The molecule has 0 spiro atoms. The molecule has 1 aliphatic rings. The Morgan fingerprint density at radius 3 is 2.86 bits per heavy atom. The second-order valence-corrected chi connectivity index (χ2v) is 3.63. The minimum Gasteiger partial charge on any atom is -0.329 e. The topological polar surface area (TPSA) is 56.7 Å². The molecule has 1 aliphatic carbocycles. The minimum atomic E-state index is -2.51. The zero-order valence-corrected chi connectivity index (χ0v) is 7.66. The molecule has 0 aliphatic heterocycles. The highest BCUT2D eigenvalue weighted by Gasteiger charge is 2.47. The van der Waals surface area contributed by atoms with E-state index >= 15 is 0 Å². The van der Waals surface area contributed by atoms with Crippen molar-refractivity contribution in [1.82, 2.24) is 14.8 Å². The SMILES string of the molecule is NCCn1cnnc1C1CC(F)(F)C1. The molecule has 0 saturated heterocycles. The largest absolute Gasteiger partial charge is 0.329 e. The Bertz CT molecular complexity index is 315. The third-order valence-corrected chi connectivity index (χ3v) is 2.47. The quantitative estimate of drug-likeness (QED) is 0.786. The van der Waals surface area contributed by atoms with Gasteiger partial charge in [0.05, 0.1) is 0 Å². The summed E-state index contributed by atoms with van der Waals surface area (Å²) in [5.41, 5.74) is 5.38. The van der Waals surface area contributed by atoms with E-state index in [9.17, 15) is 8.78 Å². The Morgan fingerprint density at radius 2 is 2.29 bits per heavy atom. The number of rotatable bonds is 3. The van der Waals surface area contributed by atoms with Gasteiger partial charge in [0.1, 0.15) is 12.2 Å². The molecule has 4 nitrogen and oxygen atoms in total. The summed E-state index contributed by atoms with van der Waals surface area (Å²) in [6, 6.07) is 0. The molecule has 0 radical (unpaired) electrons. The predicted molar refractivity (Wildman–Crippen MR) is 46.0 cm³/mol. The van der Waals surface area contributed by atoms with Crippen LogP contribution < -0.4 is 5.73 Å². The average Bonchev–Trinajstić information content (AvgIpc) is 2.48. The Labute approximate surface area is 80.1 Å². The summed E-state index contributed by atoms with van der Waals surface area (Å²) < 4.78 is 27.0. The van der Waals surface area contributed by atoms with E-state index in [4.69, 9.17) is 5.73 Å². The van der Waals surface area contributed by atoms with E-state index in [1.165, 1.54) is 0 Å². The highest BCUT2D eigenvalue weighted by molar-refractivity contribution is 5.06. The minimum absolute atomic E-state index is 0.115. The smallest absolute Gasteiger partial charge is 0.249 e. The molecular weight excluding hydrogens is 190 g/mol. The van der Waals surface area contributed by atoms with Crippen LogP contribution in [0.25, 0.3) is 0 Å². The molecule has 1 saturated carbocycles. The summed E-state index contributed by atoms with van der Waals surface area (Å²) in [6.45, 7) is 1.05. The van der Waals surface area contributed by atoms with E-state index in [1.54, 1.807) is 10.9 Å². The van der Waals surface area contributed by atoms with E-state index in [-0.39, 0.29) is 18.8 Å². The van der Waals surface area contributed by atoms with Gasteiger partial charge in [0.25, 0.3) is 0 Å². The van der Waals surface area contributed by atoms with Gasteiger partial charge in [0.15, 0.2) is 0 Å². The summed E-state index contributed by atoms with van der Waals surface area (Å²) in [5.74, 6) is -2.02. The molecule has 0 bridgehead atoms. The summed E-state index contributed by atoms with van der Waals surface area (Å²) in [4.78, 5) is 0. The van der Waals surface area contributed by atoms with E-state index in [0.29, 0.717) is 18.9 Å². The summed E-state index contributed by atoms with van der Waals surface area (Å²) in [5, 5.41) is 7.55. The average molecular weight is 202 g/mol. The van der Waals surface area contributed by atoms with Gasteiger partial charge in [-0.15, -0.1) is 10.2 Å². The van der Waals surface area contributed by atoms with Crippen LogP contribution in [0.4, 0.5) is 8.78 Å². The number of hydrogen-bond acceptors (Lipinski definition) is 3. The predicted octanol–water partition coefficient (Wildman–Crippen LogP) is 0.749. The zero-order chi connectivity index (χ0) is 10.2. The Morgan fingerprint density at radius 1 is 1.57 bits per heavy atom. The summed E-state index contributed by atoms with van der Waals surface area (Å²) in [7, 11) is 0. The fourth-order valence-corrected chi connectivity index (χ4v) is 1.74. The van der Waals surface area contributed by atoms with Crippen LogP contribution in [0, 0.1) is 0 Å². The molecular formula is C8H12F2N4. The number of alkyl halides is 2. The first-order valence-corrected chi connectivity index (χ1v) is 4.58. The summed E-state index contributed by atoms with van der Waals surface area (Å²) in [6.07, 6.45) is 1.31. The summed E-state index contributed by atoms with van der Waals surface area (Å²) >= 11 is 0. The van der Waals surface area contributed by atoms with Gasteiger partial charge >= 0.3 is 0 Å². The molecule has 1 heterocycles. The van der Waals surface area contributed by atoms with E-state index in [1.807, 2.05) is 0 Å². The third-order valence-electron chi connectivity index (χ3n) is 2.47. The van der Waals surface area contributed by atoms with Gasteiger partial charge in [-0.05, 0) is 0 Å². The van der Waals surface area contributed by atoms with Crippen molar-refractivity contribution in [2.24, 2.45) is 5.73 Å². The molecule has 6 heteroatoms.